The van der Waals surface area contributed by atoms with Crippen molar-refractivity contribution in [1.82, 2.24) is 4.90 Å². The average Bonchev–Trinajstić information content (AvgIpc) is 2.10. The van der Waals surface area contributed by atoms with Crippen LogP contribution in [0.1, 0.15) is 6.42 Å². The predicted molar refractivity (Wildman–Crippen MR) is 52.7 cm³/mol. The van der Waals surface area contributed by atoms with E-state index in [1.54, 1.807) is 0 Å². The highest BCUT2D eigenvalue weighted by atomic mass is 19.1. The van der Waals surface area contributed by atoms with Gasteiger partial charge in [-0.05, 0) is 6.42 Å². The van der Waals surface area contributed by atoms with Crippen molar-refractivity contribution >= 4 is 11.8 Å². The van der Waals surface area contributed by atoms with Crippen molar-refractivity contribution in [3.63, 3.8) is 0 Å². The second-order valence-electron chi connectivity index (χ2n) is 3.47. The number of hydrogen-bond donors (Lipinski definition) is 1. The van der Waals surface area contributed by atoms with Crippen molar-refractivity contribution in [2.24, 2.45) is 0 Å². The van der Waals surface area contributed by atoms with Crippen LogP contribution in [-0.2, 0) is 4.84 Å². The Morgan fingerprint density at radius 1 is 1.25 bits per heavy atom. The third-order valence-corrected chi connectivity index (χ3v) is 2.23. The van der Waals surface area contributed by atoms with E-state index in [4.69, 9.17) is 0 Å². The highest BCUT2D eigenvalue weighted by Gasteiger charge is 2.21. The maximum Gasteiger partial charge on any atom is 0.434 e. The lowest BCUT2D eigenvalue weighted by molar-refractivity contribution is 0.0981. The summed E-state index contributed by atoms with van der Waals surface area (Å²) >= 11 is 0. The van der Waals surface area contributed by atoms with Crippen LogP contribution >= 0.6 is 0 Å². The van der Waals surface area contributed by atoms with E-state index in [1.165, 1.54) is 4.90 Å². The van der Waals surface area contributed by atoms with Crippen molar-refractivity contribution in [3.8, 4) is 0 Å². The van der Waals surface area contributed by atoms with Gasteiger partial charge in [0.2, 0.25) is 0 Å². The minimum absolute atomic E-state index is 0.0615. The zero-order valence-corrected chi connectivity index (χ0v) is 8.37. The molecule has 1 aliphatic heterocycles. The maximum atomic E-state index is 12.8. The molecule has 1 aliphatic rings. The van der Waals surface area contributed by atoms with Gasteiger partial charge in [-0.25, -0.2) is 19.1 Å². The van der Waals surface area contributed by atoms with E-state index in [9.17, 15) is 13.6 Å². The summed E-state index contributed by atoms with van der Waals surface area (Å²) in [5.41, 5.74) is 2.27. The summed E-state index contributed by atoms with van der Waals surface area (Å²) in [6.07, 6.45) is 0.403. The SMILES string of the molecule is O=C(ONc1cc(F)cc(F)c1)N1CCC1. The molecule has 86 valence electrons. The Bertz CT molecular complexity index is 388. The lowest BCUT2D eigenvalue weighted by Crippen LogP contribution is -2.43. The van der Waals surface area contributed by atoms with E-state index in [-0.39, 0.29) is 5.69 Å². The van der Waals surface area contributed by atoms with Gasteiger partial charge in [-0.15, -0.1) is 0 Å². The lowest BCUT2D eigenvalue weighted by Gasteiger charge is -2.29. The molecule has 1 heterocycles. The van der Waals surface area contributed by atoms with Gasteiger partial charge in [0.05, 0.1) is 5.69 Å². The van der Waals surface area contributed by atoms with Crippen molar-refractivity contribution in [2.75, 3.05) is 18.6 Å². The topological polar surface area (TPSA) is 41.6 Å². The van der Waals surface area contributed by atoms with E-state index >= 15 is 0 Å². The highest BCUT2D eigenvalue weighted by molar-refractivity contribution is 5.69. The monoisotopic (exact) mass is 228 g/mol. The zero-order valence-electron chi connectivity index (χ0n) is 8.37. The van der Waals surface area contributed by atoms with E-state index in [0.717, 1.165) is 24.6 Å². The number of nitrogens with one attached hydrogen (secondary N) is 1. The first-order valence-corrected chi connectivity index (χ1v) is 4.83. The molecule has 4 nitrogen and oxygen atoms in total. The Kier molecular flexibility index (Phi) is 2.89. The van der Waals surface area contributed by atoms with Gasteiger partial charge in [-0.1, -0.05) is 0 Å². The van der Waals surface area contributed by atoms with Crippen molar-refractivity contribution in [1.29, 1.82) is 0 Å². The first-order chi connectivity index (χ1) is 7.65. The van der Waals surface area contributed by atoms with Crippen LogP contribution in [0.5, 0.6) is 0 Å². The van der Waals surface area contributed by atoms with Gasteiger partial charge in [0.15, 0.2) is 0 Å². The molecule has 6 heteroatoms. The zero-order chi connectivity index (χ0) is 11.5. The van der Waals surface area contributed by atoms with Crippen LogP contribution in [-0.4, -0.2) is 24.1 Å². The standard InChI is InChI=1S/C10H10F2N2O2/c11-7-4-8(12)6-9(5-7)13-16-10(15)14-2-1-3-14/h4-6,13H,1-3H2. The maximum absolute atomic E-state index is 12.8. The largest absolute Gasteiger partial charge is 0.434 e. The van der Waals surface area contributed by atoms with Gasteiger partial charge in [0.25, 0.3) is 0 Å². The van der Waals surface area contributed by atoms with E-state index < -0.39 is 17.7 Å². The third kappa shape index (κ3) is 2.39. The summed E-state index contributed by atoms with van der Waals surface area (Å²) < 4.78 is 25.5. The average molecular weight is 228 g/mol. The number of amides is 1. The summed E-state index contributed by atoms with van der Waals surface area (Å²) in [5, 5.41) is 0. The molecule has 0 aromatic heterocycles. The summed E-state index contributed by atoms with van der Waals surface area (Å²) in [6, 6.07) is 2.81. The predicted octanol–water partition coefficient (Wildman–Crippen LogP) is 2.13. The minimum Gasteiger partial charge on any atom is -0.324 e. The van der Waals surface area contributed by atoms with E-state index in [1.807, 2.05) is 0 Å². The number of likely N-dealkylation sites (tertiary alicyclic amines) is 1. The van der Waals surface area contributed by atoms with E-state index in [0.29, 0.717) is 13.1 Å². The normalized spacial score (nSPS) is 14.2. The Labute approximate surface area is 90.8 Å². The molecule has 0 saturated carbocycles. The molecule has 0 radical (unpaired) electrons. The number of hydrogen-bond acceptors (Lipinski definition) is 3. The van der Waals surface area contributed by atoms with Crippen molar-refractivity contribution in [2.45, 2.75) is 6.42 Å². The summed E-state index contributed by atoms with van der Waals surface area (Å²) in [5.74, 6) is -1.47. The first-order valence-electron chi connectivity index (χ1n) is 4.83. The fourth-order valence-corrected chi connectivity index (χ4v) is 1.28. The Hall–Kier alpha value is -1.85. The summed E-state index contributed by atoms with van der Waals surface area (Å²) in [7, 11) is 0. The van der Waals surface area contributed by atoms with Crippen LogP contribution < -0.4 is 5.48 Å². The second-order valence-corrected chi connectivity index (χ2v) is 3.47. The molecule has 0 unspecified atom stereocenters. The lowest BCUT2D eigenvalue weighted by atomic mass is 10.2. The molecule has 1 aromatic rings. The number of anilines is 1. The third-order valence-electron chi connectivity index (χ3n) is 2.23. The quantitative estimate of drug-likeness (QED) is 0.788. The molecular formula is C10H10F2N2O2. The van der Waals surface area contributed by atoms with Crippen LogP contribution in [0.15, 0.2) is 18.2 Å². The molecule has 0 spiro atoms. The fraction of sp³-hybridized carbons (Fsp3) is 0.300. The molecule has 1 N–H and O–H groups in total. The van der Waals surface area contributed by atoms with Gasteiger partial charge in [-0.3, -0.25) is 0 Å². The van der Waals surface area contributed by atoms with Gasteiger partial charge in [0.1, 0.15) is 11.6 Å². The number of carbonyl (C=O) groups excluding carboxylic acids is 1. The van der Waals surface area contributed by atoms with Crippen LogP contribution in [0.2, 0.25) is 0 Å². The molecule has 1 aromatic carbocycles. The first kappa shape index (κ1) is 10.7. The van der Waals surface area contributed by atoms with Crippen LogP contribution in [0.4, 0.5) is 19.3 Å². The Balaban J connectivity index is 1.91. The molecule has 0 aliphatic carbocycles. The van der Waals surface area contributed by atoms with Gasteiger partial charge >= 0.3 is 6.09 Å². The van der Waals surface area contributed by atoms with Gasteiger partial charge < -0.3 is 9.74 Å². The smallest absolute Gasteiger partial charge is 0.324 e. The van der Waals surface area contributed by atoms with Crippen molar-refractivity contribution < 1.29 is 18.4 Å². The highest BCUT2D eigenvalue weighted by Crippen LogP contribution is 2.14. The number of rotatable bonds is 2. The van der Waals surface area contributed by atoms with Gasteiger partial charge in [-0.2, -0.15) is 0 Å². The molecule has 0 bridgehead atoms. The molecule has 1 saturated heterocycles. The number of nitrogens with zero attached hydrogens (tertiary/aromatic N) is 1. The van der Waals surface area contributed by atoms with Crippen LogP contribution in [0.25, 0.3) is 0 Å². The summed E-state index contributed by atoms with van der Waals surface area (Å²) in [6.45, 7) is 1.30. The van der Waals surface area contributed by atoms with Crippen LogP contribution in [0.3, 0.4) is 0 Å². The second kappa shape index (κ2) is 4.34. The van der Waals surface area contributed by atoms with Crippen molar-refractivity contribution in [3.05, 3.63) is 29.8 Å². The van der Waals surface area contributed by atoms with Gasteiger partial charge in [0, 0.05) is 31.3 Å². The van der Waals surface area contributed by atoms with Crippen LogP contribution in [0, 0.1) is 11.6 Å². The molecule has 0 atom stereocenters. The van der Waals surface area contributed by atoms with E-state index in [2.05, 4.69) is 10.3 Å². The molecular weight excluding hydrogens is 218 g/mol. The molecule has 2 rings (SSSR count). The minimum atomic E-state index is -0.734. The molecule has 1 fully saturated rings. The number of halogens is 2. The number of benzene rings is 1. The Morgan fingerprint density at radius 2 is 1.88 bits per heavy atom. The molecule has 16 heavy (non-hydrogen) atoms. The summed E-state index contributed by atoms with van der Waals surface area (Å²) in [4.78, 5) is 17.3. The number of carbonyl (C=O) groups is 1. The Morgan fingerprint density at radius 3 is 2.38 bits per heavy atom. The fourth-order valence-electron chi connectivity index (χ4n) is 1.28. The molecule has 1 amide bonds.